The van der Waals surface area contributed by atoms with Crippen LogP contribution in [0.5, 0.6) is 0 Å². The fraction of sp³-hybridized carbons (Fsp3) is 0.500. The quantitative estimate of drug-likeness (QED) is 0.661. The number of carbonyl (C=O) groups is 1. The third-order valence-corrected chi connectivity index (χ3v) is 3.54. The summed E-state index contributed by atoms with van der Waals surface area (Å²) < 4.78 is 0. The molecule has 0 aliphatic carbocycles. The molecule has 6 nitrogen and oxygen atoms in total. The van der Waals surface area contributed by atoms with Crippen LogP contribution in [0, 0.1) is 17.0 Å². The molecule has 0 aromatic heterocycles. The highest BCUT2D eigenvalue weighted by molar-refractivity contribution is 5.98. The molecule has 6 heteroatoms. The van der Waals surface area contributed by atoms with Gasteiger partial charge < -0.3 is 10.0 Å². The number of benzene rings is 1. The number of rotatable bonds is 2. The summed E-state index contributed by atoms with van der Waals surface area (Å²) in [5.74, 6) is -0.389. The number of hydrogen-bond acceptors (Lipinski definition) is 4. The van der Waals surface area contributed by atoms with Crippen molar-refractivity contribution in [1.82, 2.24) is 4.90 Å². The molecule has 1 unspecified atom stereocenters. The number of likely N-dealkylation sites (tertiary alicyclic amines) is 1. The van der Waals surface area contributed by atoms with E-state index in [2.05, 4.69) is 0 Å². The van der Waals surface area contributed by atoms with Gasteiger partial charge in [-0.3, -0.25) is 14.9 Å². The molecule has 1 aromatic rings. The Balaban J connectivity index is 2.33. The van der Waals surface area contributed by atoms with E-state index in [1.807, 2.05) is 0 Å². The van der Waals surface area contributed by atoms with Crippen molar-refractivity contribution in [2.45, 2.75) is 32.3 Å². The van der Waals surface area contributed by atoms with Gasteiger partial charge in [0.05, 0.1) is 10.5 Å². The van der Waals surface area contributed by atoms with E-state index in [-0.39, 0.29) is 23.7 Å². The van der Waals surface area contributed by atoms with Crippen LogP contribution in [0.15, 0.2) is 18.2 Å². The van der Waals surface area contributed by atoms with Crippen LogP contribution in [-0.2, 0) is 0 Å². The lowest BCUT2D eigenvalue weighted by Crippen LogP contribution is -2.48. The average Bonchev–Trinajstić information content (AvgIpc) is 2.36. The second kappa shape index (κ2) is 5.20. The number of β-amino-alcohol motifs (C(OH)–C–C–N with tert-alkyl or cyclic N) is 1. The molecule has 1 N–H and O–H groups in total. The first-order chi connectivity index (χ1) is 9.30. The average molecular weight is 278 g/mol. The fourth-order valence-electron chi connectivity index (χ4n) is 2.54. The maximum absolute atomic E-state index is 12.5. The summed E-state index contributed by atoms with van der Waals surface area (Å²) in [4.78, 5) is 24.5. The van der Waals surface area contributed by atoms with Gasteiger partial charge in [0.1, 0.15) is 5.56 Å². The minimum absolute atomic E-state index is 0.0905. The summed E-state index contributed by atoms with van der Waals surface area (Å²) in [6.45, 7) is 4.18. The Labute approximate surface area is 117 Å². The zero-order chi connectivity index (χ0) is 14.9. The van der Waals surface area contributed by atoms with Gasteiger partial charge >= 0.3 is 0 Å². The van der Waals surface area contributed by atoms with Crippen LogP contribution in [-0.4, -0.2) is 39.5 Å². The molecule has 108 valence electrons. The largest absolute Gasteiger partial charge is 0.388 e. The lowest BCUT2D eigenvalue weighted by Gasteiger charge is -2.36. The minimum atomic E-state index is -0.924. The van der Waals surface area contributed by atoms with Crippen molar-refractivity contribution < 1.29 is 14.8 Å². The van der Waals surface area contributed by atoms with E-state index in [9.17, 15) is 20.0 Å². The zero-order valence-electron chi connectivity index (χ0n) is 11.6. The van der Waals surface area contributed by atoms with Crippen LogP contribution in [0.4, 0.5) is 5.69 Å². The Morgan fingerprint density at radius 2 is 2.20 bits per heavy atom. The highest BCUT2D eigenvalue weighted by atomic mass is 16.6. The highest BCUT2D eigenvalue weighted by Crippen LogP contribution is 2.26. The molecule has 1 aliphatic rings. The van der Waals surface area contributed by atoms with Crippen LogP contribution in [0.3, 0.4) is 0 Å². The van der Waals surface area contributed by atoms with E-state index < -0.39 is 10.5 Å². The van der Waals surface area contributed by atoms with Crippen molar-refractivity contribution in [2.24, 2.45) is 0 Å². The summed E-state index contributed by atoms with van der Waals surface area (Å²) in [6, 6.07) is 4.50. The lowest BCUT2D eigenvalue weighted by atomic mass is 9.94. The van der Waals surface area contributed by atoms with Crippen LogP contribution in [0.2, 0.25) is 0 Å². The van der Waals surface area contributed by atoms with E-state index in [1.54, 1.807) is 19.9 Å². The molecule has 0 spiro atoms. The first-order valence-corrected chi connectivity index (χ1v) is 6.57. The molecule has 1 fully saturated rings. The normalized spacial score (nSPS) is 22.6. The second-order valence-corrected chi connectivity index (χ2v) is 5.60. The van der Waals surface area contributed by atoms with Gasteiger partial charge in [0.15, 0.2) is 0 Å². The van der Waals surface area contributed by atoms with E-state index in [1.165, 1.54) is 17.0 Å². The van der Waals surface area contributed by atoms with E-state index in [0.29, 0.717) is 19.4 Å². The summed E-state index contributed by atoms with van der Waals surface area (Å²) in [6.07, 6.45) is 1.32. The van der Waals surface area contributed by atoms with Crippen LogP contribution < -0.4 is 0 Å². The van der Waals surface area contributed by atoms with Gasteiger partial charge in [-0.05, 0) is 38.3 Å². The van der Waals surface area contributed by atoms with Gasteiger partial charge in [0.25, 0.3) is 11.6 Å². The summed E-state index contributed by atoms with van der Waals surface area (Å²) >= 11 is 0. The highest BCUT2D eigenvalue weighted by Gasteiger charge is 2.33. The van der Waals surface area contributed by atoms with Gasteiger partial charge in [0.2, 0.25) is 0 Å². The number of nitro benzene ring substituents is 1. The summed E-state index contributed by atoms with van der Waals surface area (Å²) in [7, 11) is 0. The zero-order valence-corrected chi connectivity index (χ0v) is 11.6. The molecule has 1 amide bonds. The number of nitro groups is 1. The smallest absolute Gasteiger partial charge is 0.282 e. The number of carbonyl (C=O) groups excluding carboxylic acids is 1. The van der Waals surface area contributed by atoms with Gasteiger partial charge in [-0.25, -0.2) is 0 Å². The molecule has 0 saturated carbocycles. The van der Waals surface area contributed by atoms with E-state index >= 15 is 0 Å². The van der Waals surface area contributed by atoms with Crippen molar-refractivity contribution in [3.63, 3.8) is 0 Å². The summed E-state index contributed by atoms with van der Waals surface area (Å²) in [5.41, 5.74) is -0.229. The number of piperidine rings is 1. The third kappa shape index (κ3) is 2.96. The first-order valence-electron chi connectivity index (χ1n) is 6.57. The minimum Gasteiger partial charge on any atom is -0.388 e. The first kappa shape index (κ1) is 14.5. The monoisotopic (exact) mass is 278 g/mol. The maximum Gasteiger partial charge on any atom is 0.282 e. The van der Waals surface area contributed by atoms with Crippen molar-refractivity contribution in [2.75, 3.05) is 13.1 Å². The Kier molecular flexibility index (Phi) is 3.76. The standard InChI is InChI=1S/C14H18N2O4/c1-10-4-5-12(16(19)20)11(8-10)13(17)15-7-3-6-14(2,18)9-15/h4-5,8,18H,3,6-7,9H2,1-2H3. The van der Waals surface area contributed by atoms with Gasteiger partial charge in [-0.15, -0.1) is 0 Å². The third-order valence-electron chi connectivity index (χ3n) is 3.54. The van der Waals surface area contributed by atoms with Gasteiger partial charge in [-0.2, -0.15) is 0 Å². The predicted octanol–water partition coefficient (Wildman–Crippen LogP) is 1.89. The SMILES string of the molecule is Cc1ccc([N+](=O)[O-])c(C(=O)N2CCCC(C)(O)C2)c1. The molecule has 1 saturated heterocycles. The number of aliphatic hydroxyl groups is 1. The Hall–Kier alpha value is -1.95. The Bertz CT molecular complexity index is 554. The van der Waals surface area contributed by atoms with Crippen molar-refractivity contribution in [3.05, 3.63) is 39.4 Å². The molecular weight excluding hydrogens is 260 g/mol. The molecule has 20 heavy (non-hydrogen) atoms. The maximum atomic E-state index is 12.5. The topological polar surface area (TPSA) is 83.7 Å². The van der Waals surface area contributed by atoms with Crippen molar-refractivity contribution in [1.29, 1.82) is 0 Å². The molecule has 1 aliphatic heterocycles. The molecule has 1 aromatic carbocycles. The Morgan fingerprint density at radius 3 is 2.80 bits per heavy atom. The number of amides is 1. The van der Waals surface area contributed by atoms with Crippen LogP contribution in [0.1, 0.15) is 35.7 Å². The molecule has 2 rings (SSSR count). The molecular formula is C14H18N2O4. The van der Waals surface area contributed by atoms with Gasteiger partial charge in [-0.1, -0.05) is 6.07 Å². The van der Waals surface area contributed by atoms with E-state index in [0.717, 1.165) is 5.56 Å². The molecule has 1 atom stereocenters. The van der Waals surface area contributed by atoms with Crippen LogP contribution >= 0.6 is 0 Å². The second-order valence-electron chi connectivity index (χ2n) is 5.60. The number of aryl methyl sites for hydroxylation is 1. The van der Waals surface area contributed by atoms with Crippen LogP contribution in [0.25, 0.3) is 0 Å². The fourth-order valence-corrected chi connectivity index (χ4v) is 2.54. The van der Waals surface area contributed by atoms with Crippen molar-refractivity contribution >= 4 is 11.6 Å². The number of hydrogen-bond donors (Lipinski definition) is 1. The Morgan fingerprint density at radius 1 is 1.50 bits per heavy atom. The molecule has 0 bridgehead atoms. The van der Waals surface area contributed by atoms with Crippen molar-refractivity contribution in [3.8, 4) is 0 Å². The molecule has 1 heterocycles. The predicted molar refractivity (Wildman–Crippen MR) is 73.6 cm³/mol. The van der Waals surface area contributed by atoms with E-state index in [4.69, 9.17) is 0 Å². The molecule has 0 radical (unpaired) electrons. The van der Waals surface area contributed by atoms with Gasteiger partial charge in [0, 0.05) is 19.2 Å². The summed E-state index contributed by atoms with van der Waals surface area (Å²) in [5, 5.41) is 21.1. The lowest BCUT2D eigenvalue weighted by molar-refractivity contribution is -0.385. The number of nitrogens with zero attached hydrogens (tertiary/aromatic N) is 2.